The maximum absolute atomic E-state index is 12.3. The molecule has 0 bridgehead atoms. The van der Waals surface area contributed by atoms with Crippen molar-refractivity contribution in [1.29, 1.82) is 0 Å². The van der Waals surface area contributed by atoms with E-state index in [4.69, 9.17) is 4.42 Å². The zero-order valence-corrected chi connectivity index (χ0v) is 11.6. The number of aromatic nitrogens is 2. The lowest BCUT2D eigenvalue weighted by Gasteiger charge is -2.09. The molecule has 0 radical (unpaired) electrons. The van der Waals surface area contributed by atoms with Gasteiger partial charge in [-0.1, -0.05) is 0 Å². The van der Waals surface area contributed by atoms with Crippen LogP contribution in [0.25, 0.3) is 10.9 Å². The predicted octanol–water partition coefficient (Wildman–Crippen LogP) is 2.39. The summed E-state index contributed by atoms with van der Waals surface area (Å²) in [5.74, 6) is -0.00673. The van der Waals surface area contributed by atoms with Crippen LogP contribution in [0.4, 0.5) is 5.69 Å². The van der Waals surface area contributed by atoms with Gasteiger partial charge in [-0.15, -0.1) is 0 Å². The SMILES string of the molecule is Cc1cc(=O)oc(C)c1C(=O)Nc1ccc2cn[nH]c2c1. The second-order valence-corrected chi connectivity index (χ2v) is 4.81. The molecule has 2 heterocycles. The van der Waals surface area contributed by atoms with E-state index >= 15 is 0 Å². The Morgan fingerprint density at radius 3 is 2.86 bits per heavy atom. The standard InChI is InChI=1S/C15H13N3O3/c1-8-5-13(19)21-9(2)14(8)15(20)17-11-4-3-10-7-16-18-12(10)6-11/h3-7H,1-2H3,(H,16,18)(H,17,20). The molecule has 6 heteroatoms. The van der Waals surface area contributed by atoms with Gasteiger partial charge in [0.2, 0.25) is 0 Å². The van der Waals surface area contributed by atoms with Crippen LogP contribution in [0.15, 0.2) is 39.7 Å². The van der Waals surface area contributed by atoms with Crippen molar-refractivity contribution in [2.45, 2.75) is 13.8 Å². The number of hydrogen-bond donors (Lipinski definition) is 2. The van der Waals surface area contributed by atoms with Crippen molar-refractivity contribution >= 4 is 22.5 Å². The predicted molar refractivity (Wildman–Crippen MR) is 78.5 cm³/mol. The van der Waals surface area contributed by atoms with Gasteiger partial charge >= 0.3 is 5.63 Å². The van der Waals surface area contributed by atoms with Gasteiger partial charge in [0.1, 0.15) is 5.76 Å². The summed E-state index contributed by atoms with van der Waals surface area (Å²) in [7, 11) is 0. The monoisotopic (exact) mass is 283 g/mol. The summed E-state index contributed by atoms with van der Waals surface area (Å²) in [6, 6.07) is 6.75. The highest BCUT2D eigenvalue weighted by Gasteiger charge is 2.15. The number of nitrogens with zero attached hydrogens (tertiary/aromatic N) is 1. The van der Waals surface area contributed by atoms with E-state index in [1.54, 1.807) is 32.2 Å². The van der Waals surface area contributed by atoms with Crippen molar-refractivity contribution in [3.05, 3.63) is 57.8 Å². The average molecular weight is 283 g/mol. The molecule has 6 nitrogen and oxygen atoms in total. The number of carbonyl (C=O) groups is 1. The van der Waals surface area contributed by atoms with Gasteiger partial charge in [0.15, 0.2) is 0 Å². The van der Waals surface area contributed by atoms with Gasteiger partial charge in [-0.2, -0.15) is 5.10 Å². The van der Waals surface area contributed by atoms with Gasteiger partial charge in [0, 0.05) is 17.1 Å². The Morgan fingerprint density at radius 2 is 2.10 bits per heavy atom. The highest BCUT2D eigenvalue weighted by atomic mass is 16.4. The molecule has 106 valence electrons. The third-order valence-electron chi connectivity index (χ3n) is 3.26. The van der Waals surface area contributed by atoms with Crippen molar-refractivity contribution in [1.82, 2.24) is 10.2 Å². The summed E-state index contributed by atoms with van der Waals surface area (Å²) in [4.78, 5) is 23.6. The minimum atomic E-state index is -0.458. The first-order chi connectivity index (χ1) is 10.0. The molecule has 0 unspecified atom stereocenters. The molecule has 0 fully saturated rings. The third-order valence-corrected chi connectivity index (χ3v) is 3.26. The van der Waals surface area contributed by atoms with Crippen LogP contribution in [0.1, 0.15) is 21.7 Å². The normalized spacial score (nSPS) is 10.8. The molecule has 0 aliphatic heterocycles. The number of amides is 1. The van der Waals surface area contributed by atoms with Crippen LogP contribution in [-0.2, 0) is 0 Å². The van der Waals surface area contributed by atoms with Gasteiger partial charge < -0.3 is 9.73 Å². The molecule has 0 saturated heterocycles. The zero-order chi connectivity index (χ0) is 15.0. The van der Waals surface area contributed by atoms with E-state index in [0.29, 0.717) is 22.6 Å². The summed E-state index contributed by atoms with van der Waals surface area (Å²) in [5, 5.41) is 10.5. The molecular formula is C15H13N3O3. The van der Waals surface area contributed by atoms with Crippen molar-refractivity contribution in [3.63, 3.8) is 0 Å². The lowest BCUT2D eigenvalue weighted by molar-refractivity contribution is 0.102. The lowest BCUT2D eigenvalue weighted by atomic mass is 10.1. The summed E-state index contributed by atoms with van der Waals surface area (Å²) >= 11 is 0. The van der Waals surface area contributed by atoms with E-state index in [9.17, 15) is 9.59 Å². The van der Waals surface area contributed by atoms with Crippen LogP contribution in [0.3, 0.4) is 0 Å². The van der Waals surface area contributed by atoms with E-state index < -0.39 is 5.63 Å². The van der Waals surface area contributed by atoms with Crippen molar-refractivity contribution in [2.24, 2.45) is 0 Å². The molecule has 0 spiro atoms. The maximum Gasteiger partial charge on any atom is 0.336 e. The zero-order valence-electron chi connectivity index (χ0n) is 11.6. The smallest absolute Gasteiger partial charge is 0.336 e. The van der Waals surface area contributed by atoms with Gasteiger partial charge in [-0.3, -0.25) is 9.89 Å². The van der Waals surface area contributed by atoms with E-state index in [-0.39, 0.29) is 5.91 Å². The molecular weight excluding hydrogens is 270 g/mol. The Kier molecular flexibility index (Phi) is 3.06. The highest BCUT2D eigenvalue weighted by Crippen LogP contribution is 2.19. The van der Waals surface area contributed by atoms with Gasteiger partial charge in [-0.05, 0) is 37.6 Å². The Bertz CT molecular complexity index is 866. The fourth-order valence-electron chi connectivity index (χ4n) is 2.31. The quantitative estimate of drug-likeness (QED) is 0.755. The average Bonchev–Trinajstić information content (AvgIpc) is 2.84. The molecule has 0 atom stereocenters. The third kappa shape index (κ3) is 2.43. The van der Waals surface area contributed by atoms with Gasteiger partial charge in [0.05, 0.1) is 17.3 Å². The molecule has 2 aromatic heterocycles. The number of aryl methyl sites for hydroxylation is 2. The number of carbonyl (C=O) groups excluding carboxylic acids is 1. The van der Waals surface area contributed by atoms with Crippen LogP contribution in [0.5, 0.6) is 0 Å². The van der Waals surface area contributed by atoms with E-state index in [1.165, 1.54) is 6.07 Å². The lowest BCUT2D eigenvalue weighted by Crippen LogP contribution is -2.17. The molecule has 21 heavy (non-hydrogen) atoms. The van der Waals surface area contributed by atoms with Crippen LogP contribution in [-0.4, -0.2) is 16.1 Å². The molecule has 0 aliphatic carbocycles. The van der Waals surface area contributed by atoms with Crippen LogP contribution < -0.4 is 10.9 Å². The van der Waals surface area contributed by atoms with Gasteiger partial charge in [-0.25, -0.2) is 4.79 Å². The second kappa shape index (κ2) is 4.90. The summed E-state index contributed by atoms with van der Waals surface area (Å²) in [5.41, 5.74) is 1.98. The Hall–Kier alpha value is -2.89. The molecule has 0 saturated carbocycles. The Labute approximate surface area is 119 Å². The minimum Gasteiger partial charge on any atom is -0.427 e. The van der Waals surface area contributed by atoms with Crippen molar-refractivity contribution < 1.29 is 9.21 Å². The summed E-state index contributed by atoms with van der Waals surface area (Å²) in [6.07, 6.45) is 1.71. The second-order valence-electron chi connectivity index (χ2n) is 4.81. The number of benzene rings is 1. The first kappa shape index (κ1) is 13.1. The van der Waals surface area contributed by atoms with Crippen LogP contribution in [0, 0.1) is 13.8 Å². The first-order valence-corrected chi connectivity index (χ1v) is 6.40. The molecule has 2 N–H and O–H groups in total. The molecule has 3 aromatic rings. The molecule has 0 aliphatic rings. The number of hydrogen-bond acceptors (Lipinski definition) is 4. The summed E-state index contributed by atoms with van der Waals surface area (Å²) < 4.78 is 4.97. The van der Waals surface area contributed by atoms with Crippen molar-refractivity contribution in [2.75, 3.05) is 5.32 Å². The largest absolute Gasteiger partial charge is 0.427 e. The van der Waals surface area contributed by atoms with Crippen LogP contribution >= 0.6 is 0 Å². The Morgan fingerprint density at radius 1 is 1.29 bits per heavy atom. The van der Waals surface area contributed by atoms with E-state index in [2.05, 4.69) is 15.5 Å². The molecule has 1 amide bonds. The highest BCUT2D eigenvalue weighted by molar-refractivity contribution is 6.06. The molecule has 1 aromatic carbocycles. The van der Waals surface area contributed by atoms with Gasteiger partial charge in [0.25, 0.3) is 5.91 Å². The maximum atomic E-state index is 12.3. The molecule has 3 rings (SSSR count). The van der Waals surface area contributed by atoms with E-state index in [0.717, 1.165) is 10.9 Å². The fourth-order valence-corrected chi connectivity index (χ4v) is 2.31. The number of anilines is 1. The van der Waals surface area contributed by atoms with E-state index in [1.807, 2.05) is 6.07 Å². The Balaban J connectivity index is 1.94. The minimum absolute atomic E-state index is 0.306. The number of fused-ring (bicyclic) bond motifs is 1. The number of H-pyrrole nitrogens is 1. The summed E-state index contributed by atoms with van der Waals surface area (Å²) in [6.45, 7) is 3.30. The fraction of sp³-hybridized carbons (Fsp3) is 0.133. The van der Waals surface area contributed by atoms with Crippen molar-refractivity contribution in [3.8, 4) is 0 Å². The number of aromatic amines is 1. The topological polar surface area (TPSA) is 88.0 Å². The first-order valence-electron chi connectivity index (χ1n) is 6.40. The number of rotatable bonds is 2. The number of nitrogens with one attached hydrogen (secondary N) is 2. The van der Waals surface area contributed by atoms with Crippen LogP contribution in [0.2, 0.25) is 0 Å².